The van der Waals surface area contributed by atoms with Gasteiger partial charge in [0.25, 0.3) is 0 Å². The van der Waals surface area contributed by atoms with E-state index in [0.29, 0.717) is 28.0 Å². The third-order valence-electron chi connectivity index (χ3n) is 4.68. The minimum atomic E-state index is -3.05. The van der Waals surface area contributed by atoms with Crippen LogP contribution in [-0.4, -0.2) is 42.2 Å². The summed E-state index contributed by atoms with van der Waals surface area (Å²) >= 11 is 12.1. The molecule has 0 unspecified atom stereocenters. The summed E-state index contributed by atoms with van der Waals surface area (Å²) in [5.41, 5.74) is 1.56. The Balaban J connectivity index is 1.62. The van der Waals surface area contributed by atoms with Gasteiger partial charge in [0.1, 0.15) is 5.82 Å². The maximum Gasteiger partial charge on any atom is 0.239 e. The lowest BCUT2D eigenvalue weighted by Gasteiger charge is -2.17. The molecular formula is C18H22Cl2N4O3S. The van der Waals surface area contributed by atoms with Crippen molar-refractivity contribution < 1.29 is 13.2 Å². The Labute approximate surface area is 174 Å². The topological polar surface area (TPSA) is 93.1 Å². The molecule has 1 saturated heterocycles. The Hall–Kier alpha value is -1.61. The third-order valence-corrected chi connectivity index (χ3v) is 6.99. The zero-order valence-electron chi connectivity index (χ0n) is 15.6. The van der Waals surface area contributed by atoms with Crippen molar-refractivity contribution in [2.24, 2.45) is 0 Å². The van der Waals surface area contributed by atoms with E-state index in [9.17, 15) is 13.2 Å². The van der Waals surface area contributed by atoms with Gasteiger partial charge in [0.05, 0.1) is 29.8 Å². The molecule has 0 aliphatic carbocycles. The fraction of sp³-hybridized carbons (Fsp3) is 0.444. The number of hydrogen-bond donors (Lipinski definition) is 2. The van der Waals surface area contributed by atoms with Crippen LogP contribution in [0.2, 0.25) is 10.0 Å². The van der Waals surface area contributed by atoms with Crippen LogP contribution in [0.1, 0.15) is 36.7 Å². The van der Waals surface area contributed by atoms with Crippen LogP contribution in [0.4, 0.5) is 5.82 Å². The first-order valence-electron chi connectivity index (χ1n) is 8.89. The number of nitrogens with zero attached hydrogens (tertiary/aromatic N) is 2. The van der Waals surface area contributed by atoms with Crippen LogP contribution >= 0.6 is 23.2 Å². The SMILES string of the molecule is Cc1cc(NC(=O)CN[C@@H](C)c2ccc(Cl)cc2Cl)n([C@H]2CCS(=O)(=O)C2)n1. The number of carbonyl (C=O) groups excluding carboxylic acids is 1. The Bertz CT molecular complexity index is 991. The van der Waals surface area contributed by atoms with Crippen molar-refractivity contribution >= 4 is 44.8 Å². The van der Waals surface area contributed by atoms with Gasteiger partial charge in [-0.05, 0) is 38.0 Å². The summed E-state index contributed by atoms with van der Waals surface area (Å²) in [6.07, 6.45) is 0.497. The highest BCUT2D eigenvalue weighted by Crippen LogP contribution is 2.28. The minimum absolute atomic E-state index is 0.0430. The van der Waals surface area contributed by atoms with E-state index in [2.05, 4.69) is 15.7 Å². The summed E-state index contributed by atoms with van der Waals surface area (Å²) in [6.45, 7) is 3.77. The molecule has 1 amide bonds. The first kappa shape index (κ1) is 21.1. The maximum atomic E-state index is 12.4. The number of benzene rings is 1. The Kier molecular flexibility index (Phi) is 6.34. The number of rotatable bonds is 6. The highest BCUT2D eigenvalue weighted by atomic mass is 35.5. The largest absolute Gasteiger partial charge is 0.310 e. The number of halogens is 2. The lowest BCUT2D eigenvalue weighted by molar-refractivity contribution is -0.115. The smallest absolute Gasteiger partial charge is 0.239 e. The molecule has 1 aromatic heterocycles. The molecule has 0 saturated carbocycles. The molecule has 2 N–H and O–H groups in total. The number of hydrogen-bond acceptors (Lipinski definition) is 5. The van der Waals surface area contributed by atoms with E-state index in [1.54, 1.807) is 29.8 Å². The van der Waals surface area contributed by atoms with Gasteiger partial charge in [-0.25, -0.2) is 13.1 Å². The molecule has 1 aliphatic heterocycles. The lowest BCUT2D eigenvalue weighted by atomic mass is 10.1. The number of carbonyl (C=O) groups is 1. The van der Waals surface area contributed by atoms with Gasteiger partial charge < -0.3 is 10.6 Å². The number of anilines is 1. The van der Waals surface area contributed by atoms with Crippen molar-refractivity contribution in [1.29, 1.82) is 0 Å². The quantitative estimate of drug-likeness (QED) is 0.713. The van der Waals surface area contributed by atoms with E-state index in [-0.39, 0.29) is 36.0 Å². The second kappa shape index (κ2) is 8.41. The minimum Gasteiger partial charge on any atom is -0.310 e. The van der Waals surface area contributed by atoms with Gasteiger partial charge in [-0.2, -0.15) is 5.10 Å². The van der Waals surface area contributed by atoms with Crippen LogP contribution in [0.15, 0.2) is 24.3 Å². The van der Waals surface area contributed by atoms with Gasteiger partial charge in [0.15, 0.2) is 9.84 Å². The summed E-state index contributed by atoms with van der Waals surface area (Å²) in [5, 5.41) is 11.4. The van der Waals surface area contributed by atoms with Gasteiger partial charge in [0.2, 0.25) is 5.91 Å². The van der Waals surface area contributed by atoms with Gasteiger partial charge in [-0.1, -0.05) is 29.3 Å². The highest BCUT2D eigenvalue weighted by Gasteiger charge is 2.31. The van der Waals surface area contributed by atoms with Crippen LogP contribution in [-0.2, 0) is 14.6 Å². The van der Waals surface area contributed by atoms with E-state index < -0.39 is 9.84 Å². The molecule has 28 heavy (non-hydrogen) atoms. The van der Waals surface area contributed by atoms with Crippen LogP contribution in [0.3, 0.4) is 0 Å². The molecule has 10 heteroatoms. The van der Waals surface area contributed by atoms with E-state index in [0.717, 1.165) is 5.56 Å². The van der Waals surface area contributed by atoms with Gasteiger partial charge in [-0.15, -0.1) is 0 Å². The summed E-state index contributed by atoms with van der Waals surface area (Å²) < 4.78 is 25.1. The summed E-state index contributed by atoms with van der Waals surface area (Å²) in [6, 6.07) is 6.56. The summed E-state index contributed by atoms with van der Waals surface area (Å²) in [4.78, 5) is 12.4. The molecule has 1 aromatic carbocycles. The number of aromatic nitrogens is 2. The van der Waals surface area contributed by atoms with Crippen LogP contribution in [0, 0.1) is 6.92 Å². The lowest BCUT2D eigenvalue weighted by Crippen LogP contribution is -2.31. The first-order valence-corrected chi connectivity index (χ1v) is 11.5. The molecule has 3 rings (SSSR count). The summed E-state index contributed by atoms with van der Waals surface area (Å²) in [7, 11) is -3.05. The van der Waals surface area contributed by atoms with E-state index in [1.165, 1.54) is 0 Å². The predicted octanol–water partition coefficient (Wildman–Crippen LogP) is 3.15. The second-order valence-corrected chi connectivity index (χ2v) is 10.1. The Morgan fingerprint density at radius 3 is 2.75 bits per heavy atom. The fourth-order valence-electron chi connectivity index (χ4n) is 3.25. The molecular weight excluding hydrogens is 423 g/mol. The molecule has 2 heterocycles. The van der Waals surface area contributed by atoms with Crippen molar-refractivity contribution in [3.05, 3.63) is 45.6 Å². The van der Waals surface area contributed by atoms with Crippen molar-refractivity contribution in [1.82, 2.24) is 15.1 Å². The molecule has 7 nitrogen and oxygen atoms in total. The zero-order chi connectivity index (χ0) is 20.5. The number of nitrogens with one attached hydrogen (secondary N) is 2. The van der Waals surface area contributed by atoms with E-state index >= 15 is 0 Å². The average molecular weight is 445 g/mol. The molecule has 0 spiro atoms. The fourth-order valence-corrected chi connectivity index (χ4v) is 5.52. The Morgan fingerprint density at radius 2 is 2.11 bits per heavy atom. The average Bonchev–Trinajstić information content (AvgIpc) is 3.14. The van der Waals surface area contributed by atoms with E-state index in [1.807, 2.05) is 13.0 Å². The van der Waals surface area contributed by atoms with E-state index in [4.69, 9.17) is 23.2 Å². The predicted molar refractivity (Wildman–Crippen MR) is 111 cm³/mol. The van der Waals surface area contributed by atoms with Crippen LogP contribution < -0.4 is 10.6 Å². The molecule has 1 fully saturated rings. The standard InChI is InChI=1S/C18H22Cl2N4O3S/c1-11-7-17(24(23-11)14-5-6-28(26,27)10-14)22-18(25)9-21-12(2)15-4-3-13(19)8-16(15)20/h3-4,7-8,12,14,21H,5-6,9-10H2,1-2H3,(H,22,25)/t12-,14-/m0/s1. The van der Waals surface area contributed by atoms with Crippen molar-refractivity contribution in [2.45, 2.75) is 32.4 Å². The highest BCUT2D eigenvalue weighted by molar-refractivity contribution is 7.91. The van der Waals surface area contributed by atoms with Gasteiger partial charge >= 0.3 is 0 Å². The normalized spacial score (nSPS) is 19.5. The van der Waals surface area contributed by atoms with Crippen LogP contribution in [0.5, 0.6) is 0 Å². The molecule has 2 aromatic rings. The van der Waals surface area contributed by atoms with Crippen molar-refractivity contribution in [3.63, 3.8) is 0 Å². The molecule has 0 bridgehead atoms. The Morgan fingerprint density at radius 1 is 1.36 bits per heavy atom. The monoisotopic (exact) mass is 444 g/mol. The molecule has 1 aliphatic rings. The second-order valence-electron chi connectivity index (χ2n) is 6.99. The van der Waals surface area contributed by atoms with Gasteiger partial charge in [-0.3, -0.25) is 4.79 Å². The van der Waals surface area contributed by atoms with Crippen LogP contribution in [0.25, 0.3) is 0 Å². The van der Waals surface area contributed by atoms with Crippen molar-refractivity contribution in [3.8, 4) is 0 Å². The molecule has 0 radical (unpaired) electrons. The number of aryl methyl sites for hydroxylation is 1. The maximum absolute atomic E-state index is 12.4. The first-order chi connectivity index (χ1) is 13.1. The number of sulfone groups is 1. The third kappa shape index (κ3) is 5.05. The van der Waals surface area contributed by atoms with Crippen molar-refractivity contribution in [2.75, 3.05) is 23.4 Å². The molecule has 152 valence electrons. The summed E-state index contributed by atoms with van der Waals surface area (Å²) in [5.74, 6) is 0.439. The van der Waals surface area contributed by atoms with Gasteiger partial charge in [0, 0.05) is 22.2 Å². The zero-order valence-corrected chi connectivity index (χ0v) is 17.9. The number of amides is 1. The molecule has 2 atom stereocenters.